The van der Waals surface area contributed by atoms with E-state index in [2.05, 4.69) is 17.2 Å². The van der Waals surface area contributed by atoms with Crippen LogP contribution in [0, 0.1) is 5.82 Å². The molecule has 2 aromatic carbocycles. The highest BCUT2D eigenvalue weighted by Gasteiger charge is 2.24. The van der Waals surface area contributed by atoms with Gasteiger partial charge in [0.05, 0.1) is 46.0 Å². The van der Waals surface area contributed by atoms with Gasteiger partial charge in [-0.25, -0.2) is 17.8 Å². The summed E-state index contributed by atoms with van der Waals surface area (Å²) in [7, 11) is -0.799. The molecule has 1 amide bonds. The fourth-order valence-electron chi connectivity index (χ4n) is 2.99. The zero-order valence-corrected chi connectivity index (χ0v) is 17.1. The standard InChI is InChI=1S/C19H23FN4O4S/c1-23-9-11-24(12-10-23)21-19(25)14-7-8-15(20)18(13-14)29(26,27)22-16-5-3-4-6-17(16)28-2/h3-8,13,22H,9-12H2,1-2H3,(H,21,25)/p+1. The number of hydrazine groups is 1. The van der Waals surface area contributed by atoms with Gasteiger partial charge in [-0.3, -0.25) is 14.9 Å². The summed E-state index contributed by atoms with van der Waals surface area (Å²) in [5.74, 6) is -1.15. The molecule has 29 heavy (non-hydrogen) atoms. The molecule has 0 atom stereocenters. The number of ether oxygens (including phenoxy) is 1. The number of amides is 1. The smallest absolute Gasteiger partial charge is 0.265 e. The number of carbonyl (C=O) groups is 1. The van der Waals surface area contributed by atoms with E-state index in [9.17, 15) is 17.6 Å². The zero-order valence-electron chi connectivity index (χ0n) is 16.2. The van der Waals surface area contributed by atoms with Gasteiger partial charge in [0, 0.05) is 5.56 Å². The zero-order chi connectivity index (χ0) is 21.0. The maximum absolute atomic E-state index is 14.3. The van der Waals surface area contributed by atoms with Crippen LogP contribution in [0.2, 0.25) is 0 Å². The van der Waals surface area contributed by atoms with E-state index in [0.717, 1.165) is 25.2 Å². The largest absolute Gasteiger partial charge is 0.495 e. The number of methoxy groups -OCH3 is 1. The lowest BCUT2D eigenvalue weighted by atomic mass is 10.2. The number of sulfonamides is 1. The van der Waals surface area contributed by atoms with E-state index in [4.69, 9.17) is 4.74 Å². The molecule has 0 saturated carbocycles. The maximum atomic E-state index is 14.3. The molecule has 10 heteroatoms. The Morgan fingerprint density at radius 1 is 1.17 bits per heavy atom. The lowest BCUT2D eigenvalue weighted by Crippen LogP contribution is -3.12. The predicted molar refractivity (Wildman–Crippen MR) is 106 cm³/mol. The van der Waals surface area contributed by atoms with Crippen molar-refractivity contribution in [2.45, 2.75) is 4.90 Å². The molecule has 0 spiro atoms. The summed E-state index contributed by atoms with van der Waals surface area (Å²) >= 11 is 0. The van der Waals surface area contributed by atoms with Gasteiger partial charge in [0.15, 0.2) is 0 Å². The van der Waals surface area contributed by atoms with E-state index < -0.39 is 26.6 Å². The van der Waals surface area contributed by atoms with E-state index in [-0.39, 0.29) is 11.3 Å². The third kappa shape index (κ3) is 5.03. The van der Waals surface area contributed by atoms with Gasteiger partial charge in [0.2, 0.25) is 0 Å². The molecule has 0 bridgehead atoms. The van der Waals surface area contributed by atoms with Crippen LogP contribution in [0.15, 0.2) is 47.4 Å². The highest BCUT2D eigenvalue weighted by atomic mass is 32.2. The molecule has 0 aromatic heterocycles. The number of halogens is 1. The van der Waals surface area contributed by atoms with Crippen LogP contribution in [0.3, 0.4) is 0 Å². The van der Waals surface area contributed by atoms with Crippen LogP contribution < -0.4 is 19.8 Å². The molecule has 3 N–H and O–H groups in total. The number of nitrogens with zero attached hydrogens (tertiary/aromatic N) is 1. The summed E-state index contributed by atoms with van der Waals surface area (Å²) in [5, 5.41) is 1.78. The van der Waals surface area contributed by atoms with E-state index in [1.54, 1.807) is 23.2 Å². The Balaban J connectivity index is 1.81. The SMILES string of the molecule is COc1ccccc1NS(=O)(=O)c1cc(C(=O)NN2CC[NH+](C)CC2)ccc1F. The Labute approximate surface area is 169 Å². The van der Waals surface area contributed by atoms with Crippen molar-refractivity contribution in [2.75, 3.05) is 45.1 Å². The first kappa shape index (κ1) is 21.0. The summed E-state index contributed by atoms with van der Waals surface area (Å²) in [6.45, 7) is 3.12. The number of hydrogen-bond donors (Lipinski definition) is 3. The van der Waals surface area contributed by atoms with Crippen molar-refractivity contribution in [3.63, 3.8) is 0 Å². The normalized spacial score (nSPS) is 15.7. The minimum atomic E-state index is -4.27. The summed E-state index contributed by atoms with van der Waals surface area (Å²) in [6.07, 6.45) is 0. The van der Waals surface area contributed by atoms with Crippen molar-refractivity contribution in [1.29, 1.82) is 0 Å². The van der Waals surface area contributed by atoms with Crippen molar-refractivity contribution in [2.24, 2.45) is 0 Å². The van der Waals surface area contributed by atoms with E-state index in [1.807, 2.05) is 0 Å². The number of benzene rings is 2. The second-order valence-corrected chi connectivity index (χ2v) is 8.49. The van der Waals surface area contributed by atoms with Crippen LogP contribution in [0.5, 0.6) is 5.75 Å². The Morgan fingerprint density at radius 2 is 1.86 bits per heavy atom. The molecule has 0 radical (unpaired) electrons. The fourth-order valence-corrected chi connectivity index (χ4v) is 4.16. The molecular weight excluding hydrogens is 399 g/mol. The van der Waals surface area contributed by atoms with Crippen LogP contribution in [-0.4, -0.2) is 59.7 Å². The topological polar surface area (TPSA) is 92.2 Å². The number of piperazine rings is 1. The Kier molecular flexibility index (Phi) is 6.36. The highest BCUT2D eigenvalue weighted by molar-refractivity contribution is 7.92. The molecule has 2 aromatic rings. The van der Waals surface area contributed by atoms with Crippen molar-refractivity contribution in [1.82, 2.24) is 10.4 Å². The molecule has 3 rings (SSSR count). The summed E-state index contributed by atoms with van der Waals surface area (Å²) < 4.78 is 47.2. The monoisotopic (exact) mass is 423 g/mol. The number of anilines is 1. The number of hydrogen-bond acceptors (Lipinski definition) is 5. The summed E-state index contributed by atoms with van der Waals surface area (Å²) in [5.41, 5.74) is 2.97. The number of carbonyl (C=O) groups excluding carboxylic acids is 1. The van der Waals surface area contributed by atoms with Gasteiger partial charge in [0.1, 0.15) is 16.5 Å². The number of rotatable bonds is 6. The predicted octanol–water partition coefficient (Wildman–Crippen LogP) is 0.110. The number of likely N-dealkylation sites (N-methyl/N-ethyl adjacent to an activating group) is 1. The van der Waals surface area contributed by atoms with Crippen LogP contribution in [-0.2, 0) is 10.0 Å². The Morgan fingerprint density at radius 3 is 2.55 bits per heavy atom. The second-order valence-electron chi connectivity index (χ2n) is 6.84. The Hall–Kier alpha value is -2.69. The van der Waals surface area contributed by atoms with Gasteiger partial charge >= 0.3 is 0 Å². The molecule has 1 heterocycles. The fraction of sp³-hybridized carbons (Fsp3) is 0.316. The van der Waals surface area contributed by atoms with Gasteiger partial charge in [-0.1, -0.05) is 12.1 Å². The van der Waals surface area contributed by atoms with Crippen LogP contribution in [0.4, 0.5) is 10.1 Å². The molecule has 1 aliphatic heterocycles. The van der Waals surface area contributed by atoms with E-state index >= 15 is 0 Å². The minimum Gasteiger partial charge on any atom is -0.495 e. The van der Waals surface area contributed by atoms with Gasteiger partial charge in [-0.2, -0.15) is 0 Å². The van der Waals surface area contributed by atoms with Gasteiger partial charge in [-0.15, -0.1) is 0 Å². The highest BCUT2D eigenvalue weighted by Crippen LogP contribution is 2.27. The van der Waals surface area contributed by atoms with E-state index in [1.165, 1.54) is 24.1 Å². The first-order chi connectivity index (χ1) is 13.8. The molecule has 0 unspecified atom stereocenters. The molecule has 1 aliphatic rings. The number of para-hydroxylation sites is 2. The van der Waals surface area contributed by atoms with Gasteiger partial charge in [-0.05, 0) is 30.3 Å². The van der Waals surface area contributed by atoms with Crippen LogP contribution in [0.25, 0.3) is 0 Å². The van der Waals surface area contributed by atoms with Crippen molar-refractivity contribution in [3.8, 4) is 5.75 Å². The first-order valence-electron chi connectivity index (χ1n) is 9.13. The number of nitrogens with one attached hydrogen (secondary N) is 3. The van der Waals surface area contributed by atoms with Crippen molar-refractivity contribution < 1.29 is 27.2 Å². The quantitative estimate of drug-likeness (QED) is 0.614. The third-order valence-corrected chi connectivity index (χ3v) is 6.09. The van der Waals surface area contributed by atoms with Crippen molar-refractivity contribution >= 4 is 21.6 Å². The molecule has 156 valence electrons. The van der Waals surface area contributed by atoms with Gasteiger partial charge in [0.25, 0.3) is 15.9 Å². The van der Waals surface area contributed by atoms with E-state index in [0.29, 0.717) is 18.8 Å². The maximum Gasteiger partial charge on any atom is 0.265 e. The second kappa shape index (κ2) is 8.76. The average molecular weight is 423 g/mol. The lowest BCUT2D eigenvalue weighted by molar-refractivity contribution is -0.884. The summed E-state index contributed by atoms with van der Waals surface area (Å²) in [4.78, 5) is 13.3. The van der Waals surface area contributed by atoms with Crippen LogP contribution in [0.1, 0.15) is 10.4 Å². The summed E-state index contributed by atoms with van der Waals surface area (Å²) in [6, 6.07) is 9.65. The Bertz CT molecular complexity index is 991. The minimum absolute atomic E-state index is 0.0538. The van der Waals surface area contributed by atoms with Gasteiger partial charge < -0.3 is 9.64 Å². The lowest BCUT2D eigenvalue weighted by Gasteiger charge is -2.30. The molecule has 0 aliphatic carbocycles. The number of quaternary nitrogens is 1. The van der Waals surface area contributed by atoms with Crippen LogP contribution >= 0.6 is 0 Å². The molecule has 1 saturated heterocycles. The average Bonchev–Trinajstić information content (AvgIpc) is 2.70. The molecule has 1 fully saturated rings. The molecule has 8 nitrogen and oxygen atoms in total. The third-order valence-electron chi connectivity index (χ3n) is 4.71. The molecular formula is C19H24FN4O4S+. The first-order valence-corrected chi connectivity index (χ1v) is 10.6. The van der Waals surface area contributed by atoms with Crippen molar-refractivity contribution in [3.05, 3.63) is 53.8 Å².